The SMILES string of the molecule is CC(C)(C)C(=O)Nc1ccc(-c2cc(=O)c3c(NCCCO)c(F)cc(F)c3o2)cc1F. The van der Waals surface area contributed by atoms with Crippen LogP contribution in [0.5, 0.6) is 0 Å². The Balaban J connectivity index is 2.04. The van der Waals surface area contributed by atoms with E-state index in [1.54, 1.807) is 20.8 Å². The highest BCUT2D eigenvalue weighted by Gasteiger charge is 2.23. The molecule has 0 saturated carbocycles. The molecule has 32 heavy (non-hydrogen) atoms. The zero-order valence-electron chi connectivity index (χ0n) is 17.8. The van der Waals surface area contributed by atoms with E-state index in [9.17, 15) is 22.8 Å². The number of amides is 1. The smallest absolute Gasteiger partial charge is 0.229 e. The quantitative estimate of drug-likeness (QED) is 0.477. The summed E-state index contributed by atoms with van der Waals surface area (Å²) >= 11 is 0. The van der Waals surface area contributed by atoms with Crippen LogP contribution in [-0.2, 0) is 4.79 Å². The lowest BCUT2D eigenvalue weighted by atomic mass is 9.95. The van der Waals surface area contributed by atoms with Crippen LogP contribution in [0, 0.1) is 22.9 Å². The van der Waals surface area contributed by atoms with Crippen molar-refractivity contribution in [2.75, 3.05) is 23.8 Å². The van der Waals surface area contributed by atoms with E-state index in [2.05, 4.69) is 10.6 Å². The molecule has 0 saturated heterocycles. The lowest BCUT2D eigenvalue weighted by Gasteiger charge is -2.18. The number of aliphatic hydroxyl groups is 1. The fourth-order valence-corrected chi connectivity index (χ4v) is 2.95. The fraction of sp³-hybridized carbons (Fsp3) is 0.304. The number of fused-ring (bicyclic) bond motifs is 1. The number of benzene rings is 2. The average Bonchev–Trinajstić information content (AvgIpc) is 2.71. The zero-order valence-corrected chi connectivity index (χ0v) is 17.8. The topological polar surface area (TPSA) is 91.6 Å². The number of aliphatic hydroxyl groups excluding tert-OH is 1. The number of carbonyl (C=O) groups is 1. The molecule has 1 amide bonds. The van der Waals surface area contributed by atoms with Gasteiger partial charge in [0, 0.05) is 36.3 Å². The minimum Gasteiger partial charge on any atom is -0.453 e. The Hall–Kier alpha value is -3.33. The summed E-state index contributed by atoms with van der Waals surface area (Å²) in [5.74, 6) is -3.33. The second kappa shape index (κ2) is 9.04. The number of carbonyl (C=O) groups excluding carboxylic acids is 1. The van der Waals surface area contributed by atoms with E-state index in [1.165, 1.54) is 12.1 Å². The first-order valence-corrected chi connectivity index (χ1v) is 9.95. The van der Waals surface area contributed by atoms with Crippen LogP contribution in [0.2, 0.25) is 0 Å². The third-order valence-electron chi connectivity index (χ3n) is 4.73. The molecule has 3 N–H and O–H groups in total. The van der Waals surface area contributed by atoms with Gasteiger partial charge >= 0.3 is 0 Å². The third-order valence-corrected chi connectivity index (χ3v) is 4.73. The Morgan fingerprint density at radius 3 is 2.41 bits per heavy atom. The number of rotatable bonds is 6. The summed E-state index contributed by atoms with van der Waals surface area (Å²) in [6.45, 7) is 5.06. The molecule has 0 atom stereocenters. The molecule has 3 rings (SSSR count). The molecule has 9 heteroatoms. The van der Waals surface area contributed by atoms with Crippen molar-refractivity contribution in [3.8, 4) is 11.3 Å². The molecular weight excluding hydrogens is 425 g/mol. The van der Waals surface area contributed by atoms with Gasteiger partial charge in [-0.05, 0) is 24.6 Å². The molecule has 0 aliphatic rings. The third kappa shape index (κ3) is 4.77. The van der Waals surface area contributed by atoms with Gasteiger partial charge in [0.05, 0.1) is 16.8 Å². The highest BCUT2D eigenvalue weighted by Crippen LogP contribution is 2.31. The van der Waals surface area contributed by atoms with Crippen LogP contribution in [0.3, 0.4) is 0 Å². The van der Waals surface area contributed by atoms with Gasteiger partial charge in [-0.1, -0.05) is 20.8 Å². The first kappa shape index (κ1) is 23.3. The number of hydrogen-bond acceptors (Lipinski definition) is 5. The number of hydrogen-bond donors (Lipinski definition) is 3. The van der Waals surface area contributed by atoms with E-state index in [0.717, 1.165) is 12.1 Å². The molecule has 0 spiro atoms. The molecule has 6 nitrogen and oxygen atoms in total. The summed E-state index contributed by atoms with van der Waals surface area (Å²) < 4.78 is 48.8. The minimum atomic E-state index is -1.08. The summed E-state index contributed by atoms with van der Waals surface area (Å²) in [6, 6.07) is 5.36. The highest BCUT2D eigenvalue weighted by molar-refractivity contribution is 5.95. The van der Waals surface area contributed by atoms with Crippen molar-refractivity contribution in [2.24, 2.45) is 5.41 Å². The van der Waals surface area contributed by atoms with Crippen LogP contribution in [0.4, 0.5) is 24.5 Å². The highest BCUT2D eigenvalue weighted by atomic mass is 19.1. The average molecular weight is 448 g/mol. The van der Waals surface area contributed by atoms with Gasteiger partial charge in [0.2, 0.25) is 5.91 Å². The summed E-state index contributed by atoms with van der Waals surface area (Å²) in [5.41, 5.74) is -2.09. The molecule has 0 unspecified atom stereocenters. The first-order valence-electron chi connectivity index (χ1n) is 9.95. The van der Waals surface area contributed by atoms with Crippen molar-refractivity contribution in [3.05, 3.63) is 58.0 Å². The van der Waals surface area contributed by atoms with Gasteiger partial charge in [0.15, 0.2) is 16.8 Å². The Labute approximate surface area is 182 Å². The van der Waals surface area contributed by atoms with Gasteiger partial charge in [-0.2, -0.15) is 0 Å². The molecule has 0 aliphatic carbocycles. The van der Waals surface area contributed by atoms with Crippen LogP contribution in [-0.4, -0.2) is 24.2 Å². The molecule has 2 aromatic carbocycles. The van der Waals surface area contributed by atoms with Crippen molar-refractivity contribution in [2.45, 2.75) is 27.2 Å². The number of anilines is 2. The molecule has 0 aliphatic heterocycles. The molecule has 0 radical (unpaired) electrons. The van der Waals surface area contributed by atoms with E-state index in [1.807, 2.05) is 0 Å². The number of nitrogens with one attached hydrogen (secondary N) is 2. The summed E-state index contributed by atoms with van der Waals surface area (Å²) in [7, 11) is 0. The summed E-state index contributed by atoms with van der Waals surface area (Å²) in [4.78, 5) is 24.8. The van der Waals surface area contributed by atoms with Crippen molar-refractivity contribution >= 4 is 28.3 Å². The van der Waals surface area contributed by atoms with Crippen LogP contribution in [0.15, 0.2) is 39.5 Å². The summed E-state index contributed by atoms with van der Waals surface area (Å²) in [5, 5.41) is 13.7. The Morgan fingerprint density at radius 1 is 1.06 bits per heavy atom. The monoisotopic (exact) mass is 448 g/mol. The zero-order chi connectivity index (χ0) is 23.6. The summed E-state index contributed by atoms with van der Waals surface area (Å²) in [6.07, 6.45) is 0.291. The van der Waals surface area contributed by atoms with Crippen molar-refractivity contribution in [3.63, 3.8) is 0 Å². The van der Waals surface area contributed by atoms with Crippen molar-refractivity contribution in [1.29, 1.82) is 0 Å². The normalized spacial score (nSPS) is 11.6. The van der Waals surface area contributed by atoms with E-state index in [4.69, 9.17) is 9.52 Å². The molecule has 1 heterocycles. The number of halogens is 3. The molecular formula is C23H23F3N2O4. The largest absolute Gasteiger partial charge is 0.453 e. The predicted octanol–water partition coefficient (Wildman–Crippen LogP) is 4.66. The minimum absolute atomic E-state index is 0.0552. The molecule has 0 fully saturated rings. The van der Waals surface area contributed by atoms with Gasteiger partial charge in [-0.15, -0.1) is 0 Å². The van der Waals surface area contributed by atoms with E-state index in [0.29, 0.717) is 12.5 Å². The second-order valence-corrected chi connectivity index (χ2v) is 8.30. The van der Waals surface area contributed by atoms with Gasteiger partial charge < -0.3 is 20.2 Å². The van der Waals surface area contributed by atoms with Crippen molar-refractivity contribution in [1.82, 2.24) is 0 Å². The van der Waals surface area contributed by atoms with Crippen LogP contribution < -0.4 is 16.1 Å². The van der Waals surface area contributed by atoms with Gasteiger partial charge in [-0.3, -0.25) is 9.59 Å². The standard InChI is InChI=1S/C23H23F3N2O4/c1-23(2,3)22(31)28-16-6-5-12(9-13(16)24)18-11-17(30)19-20(27-7-4-8-29)14(25)10-15(26)21(19)32-18/h5-6,9-11,27,29H,4,7-8H2,1-3H3,(H,28,31). The molecule has 170 valence electrons. The second-order valence-electron chi connectivity index (χ2n) is 8.30. The lowest BCUT2D eigenvalue weighted by molar-refractivity contribution is -0.123. The lowest BCUT2D eigenvalue weighted by Crippen LogP contribution is -2.28. The maximum Gasteiger partial charge on any atom is 0.229 e. The Kier molecular flexibility index (Phi) is 6.59. The van der Waals surface area contributed by atoms with Gasteiger partial charge in [0.25, 0.3) is 0 Å². The van der Waals surface area contributed by atoms with Crippen LogP contribution in [0.25, 0.3) is 22.3 Å². The predicted molar refractivity (Wildman–Crippen MR) is 116 cm³/mol. The molecule has 3 aromatic rings. The van der Waals surface area contributed by atoms with Crippen LogP contribution >= 0.6 is 0 Å². The maximum absolute atomic E-state index is 14.6. The first-order chi connectivity index (χ1) is 15.0. The van der Waals surface area contributed by atoms with Gasteiger partial charge in [0.1, 0.15) is 17.4 Å². The molecule has 1 aromatic heterocycles. The van der Waals surface area contributed by atoms with E-state index in [-0.39, 0.29) is 47.1 Å². The fourth-order valence-electron chi connectivity index (χ4n) is 2.95. The Bertz CT molecular complexity index is 1230. The van der Waals surface area contributed by atoms with E-state index >= 15 is 0 Å². The van der Waals surface area contributed by atoms with E-state index < -0.39 is 33.9 Å². The Morgan fingerprint density at radius 2 is 1.78 bits per heavy atom. The van der Waals surface area contributed by atoms with Gasteiger partial charge in [-0.25, -0.2) is 13.2 Å². The maximum atomic E-state index is 14.6. The van der Waals surface area contributed by atoms with Crippen molar-refractivity contribution < 1.29 is 27.5 Å². The van der Waals surface area contributed by atoms with Crippen LogP contribution in [0.1, 0.15) is 27.2 Å². The molecule has 0 bridgehead atoms.